The Morgan fingerprint density at radius 2 is 2.00 bits per heavy atom. The van der Waals surface area contributed by atoms with E-state index in [4.69, 9.17) is 0 Å². The lowest BCUT2D eigenvalue weighted by Gasteiger charge is -2.40. The van der Waals surface area contributed by atoms with Crippen molar-refractivity contribution in [3.05, 3.63) is 0 Å². The molecule has 1 fully saturated rings. The average Bonchev–Trinajstić information content (AvgIpc) is 2.45. The summed E-state index contributed by atoms with van der Waals surface area (Å²) < 4.78 is 0. The number of aliphatic hydroxyl groups excluding tert-OH is 1. The largest absolute Gasteiger partial charge is 0.383 e. The third kappa shape index (κ3) is 4.47. The van der Waals surface area contributed by atoms with Gasteiger partial charge in [0.1, 0.15) is 6.10 Å². The van der Waals surface area contributed by atoms with Crippen LogP contribution < -0.4 is 5.32 Å². The maximum atomic E-state index is 12.1. The number of carbonyl (C=O) groups is 1. The topological polar surface area (TPSA) is 49.3 Å². The number of hydrogen-bond donors (Lipinski definition) is 2. The number of amides is 1. The Bertz CT molecular complexity index is 314. The molecular formula is C17H33NO2. The smallest absolute Gasteiger partial charge is 0.249 e. The molecule has 1 saturated carbocycles. The summed E-state index contributed by atoms with van der Waals surface area (Å²) in [5.41, 5.74) is 0.346. The van der Waals surface area contributed by atoms with E-state index in [1.807, 2.05) is 13.8 Å². The van der Waals surface area contributed by atoms with E-state index >= 15 is 0 Å². The van der Waals surface area contributed by atoms with E-state index < -0.39 is 6.10 Å². The van der Waals surface area contributed by atoms with Crippen LogP contribution in [0.5, 0.6) is 0 Å². The summed E-state index contributed by atoms with van der Waals surface area (Å²) in [6, 6.07) is 0.241. The lowest BCUT2D eigenvalue weighted by Crippen LogP contribution is -2.46. The predicted octanol–water partition coefficient (Wildman–Crippen LogP) is 3.50. The number of carbonyl (C=O) groups excluding carboxylic acids is 1. The molecule has 0 aromatic rings. The van der Waals surface area contributed by atoms with Gasteiger partial charge in [-0.1, -0.05) is 53.9 Å². The summed E-state index contributed by atoms with van der Waals surface area (Å²) in [6.45, 7) is 10.8. The highest BCUT2D eigenvalue weighted by Gasteiger charge is 2.34. The highest BCUT2D eigenvalue weighted by molar-refractivity contribution is 5.81. The summed E-state index contributed by atoms with van der Waals surface area (Å²) in [5.74, 6) is 0.521. The zero-order chi connectivity index (χ0) is 15.3. The average molecular weight is 283 g/mol. The second-order valence-electron chi connectivity index (χ2n) is 7.24. The van der Waals surface area contributed by atoms with Crippen LogP contribution in [0.1, 0.15) is 73.1 Å². The van der Waals surface area contributed by atoms with Crippen molar-refractivity contribution >= 4 is 5.91 Å². The third-order valence-electron chi connectivity index (χ3n) is 5.49. The SMILES string of the molecule is CC[C@H](C)[C@H](O)C(=O)N[C@H]1CCC[C@@H](C(C)(C)CC)C1. The molecule has 0 radical (unpaired) electrons. The summed E-state index contributed by atoms with van der Waals surface area (Å²) in [6.07, 6.45) is 5.69. The first kappa shape index (κ1) is 17.5. The van der Waals surface area contributed by atoms with Gasteiger partial charge in [0.15, 0.2) is 0 Å². The Hall–Kier alpha value is -0.570. The minimum Gasteiger partial charge on any atom is -0.383 e. The lowest BCUT2D eigenvalue weighted by molar-refractivity contribution is -0.133. The van der Waals surface area contributed by atoms with Gasteiger partial charge in [-0.3, -0.25) is 4.79 Å². The molecule has 20 heavy (non-hydrogen) atoms. The first-order valence-electron chi connectivity index (χ1n) is 8.30. The van der Waals surface area contributed by atoms with Crippen molar-refractivity contribution in [1.82, 2.24) is 5.32 Å². The Labute approximate surface area is 124 Å². The molecule has 0 heterocycles. The van der Waals surface area contributed by atoms with Gasteiger partial charge in [0.25, 0.3) is 0 Å². The van der Waals surface area contributed by atoms with E-state index in [0.29, 0.717) is 11.3 Å². The van der Waals surface area contributed by atoms with Crippen LogP contribution in [-0.2, 0) is 4.79 Å². The molecule has 0 unspecified atom stereocenters. The predicted molar refractivity (Wildman–Crippen MR) is 83.4 cm³/mol. The van der Waals surface area contributed by atoms with Gasteiger partial charge in [0.05, 0.1) is 0 Å². The summed E-state index contributed by atoms with van der Waals surface area (Å²) in [7, 11) is 0. The van der Waals surface area contributed by atoms with Gasteiger partial charge >= 0.3 is 0 Å². The molecule has 1 aliphatic rings. The van der Waals surface area contributed by atoms with Crippen molar-refractivity contribution < 1.29 is 9.90 Å². The fourth-order valence-corrected chi connectivity index (χ4v) is 3.09. The molecule has 0 aromatic heterocycles. The number of hydrogen-bond acceptors (Lipinski definition) is 2. The summed E-state index contributed by atoms with van der Waals surface area (Å²) >= 11 is 0. The summed E-state index contributed by atoms with van der Waals surface area (Å²) in [5, 5.41) is 13.0. The molecule has 0 bridgehead atoms. The van der Waals surface area contributed by atoms with Crippen LogP contribution in [0.3, 0.4) is 0 Å². The molecule has 4 atom stereocenters. The fourth-order valence-electron chi connectivity index (χ4n) is 3.09. The van der Waals surface area contributed by atoms with Gasteiger partial charge in [0, 0.05) is 6.04 Å². The minimum absolute atomic E-state index is 0.0291. The number of aliphatic hydroxyl groups is 1. The molecule has 118 valence electrons. The monoisotopic (exact) mass is 283 g/mol. The molecular weight excluding hydrogens is 250 g/mol. The van der Waals surface area contributed by atoms with Crippen LogP contribution in [0.25, 0.3) is 0 Å². The van der Waals surface area contributed by atoms with Gasteiger partial charge in [-0.25, -0.2) is 0 Å². The Kier molecular flexibility index (Phi) is 6.50. The zero-order valence-electron chi connectivity index (χ0n) is 13.9. The Morgan fingerprint density at radius 3 is 2.55 bits per heavy atom. The highest BCUT2D eigenvalue weighted by atomic mass is 16.3. The first-order chi connectivity index (χ1) is 9.31. The lowest BCUT2D eigenvalue weighted by atomic mass is 9.68. The van der Waals surface area contributed by atoms with Crippen LogP contribution in [-0.4, -0.2) is 23.2 Å². The van der Waals surface area contributed by atoms with Crippen molar-refractivity contribution in [2.24, 2.45) is 17.3 Å². The molecule has 1 aliphatic carbocycles. The van der Waals surface area contributed by atoms with E-state index in [1.54, 1.807) is 0 Å². The Morgan fingerprint density at radius 1 is 1.35 bits per heavy atom. The molecule has 0 spiro atoms. The second-order valence-corrected chi connectivity index (χ2v) is 7.24. The molecule has 0 aliphatic heterocycles. The van der Waals surface area contributed by atoms with E-state index in [-0.39, 0.29) is 17.9 Å². The van der Waals surface area contributed by atoms with Crippen molar-refractivity contribution in [3.63, 3.8) is 0 Å². The highest BCUT2D eigenvalue weighted by Crippen LogP contribution is 2.40. The van der Waals surface area contributed by atoms with Crippen LogP contribution in [0.15, 0.2) is 0 Å². The van der Waals surface area contributed by atoms with Gasteiger partial charge < -0.3 is 10.4 Å². The van der Waals surface area contributed by atoms with Gasteiger partial charge in [-0.2, -0.15) is 0 Å². The maximum Gasteiger partial charge on any atom is 0.249 e. The van der Waals surface area contributed by atoms with Crippen LogP contribution >= 0.6 is 0 Å². The molecule has 3 heteroatoms. The molecule has 1 rings (SSSR count). The van der Waals surface area contributed by atoms with Crippen LogP contribution in [0.2, 0.25) is 0 Å². The van der Waals surface area contributed by atoms with E-state index in [0.717, 1.165) is 19.3 Å². The molecule has 3 nitrogen and oxygen atoms in total. The second kappa shape index (κ2) is 7.44. The number of rotatable bonds is 6. The van der Waals surface area contributed by atoms with Crippen molar-refractivity contribution in [1.29, 1.82) is 0 Å². The minimum atomic E-state index is -0.862. The quantitative estimate of drug-likeness (QED) is 0.784. The normalized spacial score (nSPS) is 26.9. The zero-order valence-corrected chi connectivity index (χ0v) is 13.9. The maximum absolute atomic E-state index is 12.1. The van der Waals surface area contributed by atoms with Crippen molar-refractivity contribution in [2.75, 3.05) is 0 Å². The first-order valence-corrected chi connectivity index (χ1v) is 8.30. The summed E-state index contributed by atoms with van der Waals surface area (Å²) in [4.78, 5) is 12.1. The fraction of sp³-hybridized carbons (Fsp3) is 0.941. The number of nitrogens with one attached hydrogen (secondary N) is 1. The van der Waals surface area contributed by atoms with E-state index in [1.165, 1.54) is 19.3 Å². The van der Waals surface area contributed by atoms with Crippen molar-refractivity contribution in [2.45, 2.75) is 85.3 Å². The molecule has 1 amide bonds. The van der Waals surface area contributed by atoms with Gasteiger partial charge in [-0.05, 0) is 36.5 Å². The standard InChI is InChI=1S/C17H33NO2/c1-6-12(3)15(19)16(20)18-14-10-8-9-13(11-14)17(4,5)7-2/h12-15,19H,6-11H2,1-5H3,(H,18,20)/t12-,13+,14-,15-/m0/s1. The van der Waals surface area contributed by atoms with E-state index in [2.05, 4.69) is 26.1 Å². The third-order valence-corrected chi connectivity index (χ3v) is 5.49. The van der Waals surface area contributed by atoms with Gasteiger partial charge in [-0.15, -0.1) is 0 Å². The Balaban J connectivity index is 2.54. The molecule has 0 aromatic carbocycles. The van der Waals surface area contributed by atoms with Crippen LogP contribution in [0, 0.1) is 17.3 Å². The molecule has 0 saturated heterocycles. The van der Waals surface area contributed by atoms with Gasteiger partial charge in [0.2, 0.25) is 5.91 Å². The molecule has 2 N–H and O–H groups in total. The van der Waals surface area contributed by atoms with E-state index in [9.17, 15) is 9.90 Å². The van der Waals surface area contributed by atoms with Crippen LogP contribution in [0.4, 0.5) is 0 Å². The van der Waals surface area contributed by atoms with Crippen molar-refractivity contribution in [3.8, 4) is 0 Å².